The number of hydrogen-bond donors (Lipinski definition) is 1. The second kappa shape index (κ2) is 5.41. The van der Waals surface area contributed by atoms with E-state index in [0.717, 1.165) is 0 Å². The van der Waals surface area contributed by atoms with Gasteiger partial charge in [0.25, 0.3) is 5.91 Å². The van der Waals surface area contributed by atoms with Gasteiger partial charge in [0, 0.05) is 0 Å². The van der Waals surface area contributed by atoms with E-state index in [4.69, 9.17) is 16.0 Å². The summed E-state index contributed by atoms with van der Waals surface area (Å²) in [4.78, 5) is 22.3. The monoisotopic (exact) mass is 231 g/mol. The molecule has 0 aromatic carbocycles. The summed E-state index contributed by atoms with van der Waals surface area (Å²) in [6.45, 7) is 1.78. The maximum Gasteiger partial charge on any atom is 0.325 e. The standard InChI is InChI=1S/C9H10ClNO4/c1-2-14-7(12)5-11-9(13)6-3-4-15-8(6)10/h3-4H,2,5H2,1H3,(H,11,13). The molecule has 1 N–H and O–H groups in total. The second-order valence-corrected chi connectivity index (χ2v) is 2.94. The van der Waals surface area contributed by atoms with E-state index in [1.807, 2.05) is 0 Å². The van der Waals surface area contributed by atoms with Gasteiger partial charge in [-0.05, 0) is 24.6 Å². The number of amides is 1. The van der Waals surface area contributed by atoms with Crippen molar-refractivity contribution < 1.29 is 18.7 Å². The molecule has 0 aliphatic heterocycles. The zero-order valence-corrected chi connectivity index (χ0v) is 8.84. The molecule has 0 saturated carbocycles. The minimum Gasteiger partial charge on any atom is -0.465 e. The molecule has 0 fully saturated rings. The van der Waals surface area contributed by atoms with Crippen LogP contribution in [-0.2, 0) is 9.53 Å². The van der Waals surface area contributed by atoms with Crippen LogP contribution in [0.4, 0.5) is 0 Å². The molecular formula is C9H10ClNO4. The summed E-state index contributed by atoms with van der Waals surface area (Å²) in [7, 11) is 0. The van der Waals surface area contributed by atoms with Crippen LogP contribution in [0.3, 0.4) is 0 Å². The molecule has 0 aliphatic rings. The third kappa shape index (κ3) is 3.28. The van der Waals surface area contributed by atoms with Crippen LogP contribution in [0.5, 0.6) is 0 Å². The molecule has 1 rings (SSSR count). The first-order valence-corrected chi connectivity index (χ1v) is 4.69. The minimum atomic E-state index is -0.495. The Hall–Kier alpha value is -1.49. The van der Waals surface area contributed by atoms with Crippen LogP contribution in [0, 0.1) is 0 Å². The molecule has 1 amide bonds. The molecule has 1 aromatic rings. The van der Waals surface area contributed by atoms with Crippen LogP contribution in [-0.4, -0.2) is 25.0 Å². The SMILES string of the molecule is CCOC(=O)CNC(=O)c1ccoc1Cl. The van der Waals surface area contributed by atoms with Crippen LogP contribution in [0.15, 0.2) is 16.7 Å². The third-order valence-corrected chi connectivity index (χ3v) is 1.85. The highest BCUT2D eigenvalue weighted by Gasteiger charge is 2.13. The minimum absolute atomic E-state index is 0.00337. The van der Waals surface area contributed by atoms with Gasteiger partial charge in [-0.15, -0.1) is 0 Å². The van der Waals surface area contributed by atoms with Gasteiger partial charge in [0.2, 0.25) is 5.22 Å². The number of rotatable bonds is 4. The van der Waals surface area contributed by atoms with Crippen molar-refractivity contribution in [1.82, 2.24) is 5.32 Å². The summed E-state index contributed by atoms with van der Waals surface area (Å²) in [6.07, 6.45) is 1.29. The van der Waals surface area contributed by atoms with Gasteiger partial charge in [-0.25, -0.2) is 0 Å². The van der Waals surface area contributed by atoms with Crippen molar-refractivity contribution in [3.63, 3.8) is 0 Å². The van der Waals surface area contributed by atoms with E-state index in [-0.39, 0.29) is 23.9 Å². The molecule has 6 heteroatoms. The second-order valence-electron chi connectivity index (χ2n) is 2.60. The Labute approximate surface area is 91.3 Å². The molecule has 1 aromatic heterocycles. The fourth-order valence-corrected chi connectivity index (χ4v) is 1.12. The van der Waals surface area contributed by atoms with Gasteiger partial charge >= 0.3 is 5.97 Å². The third-order valence-electron chi connectivity index (χ3n) is 1.56. The number of carbonyl (C=O) groups is 2. The summed E-state index contributed by atoms with van der Waals surface area (Å²) < 4.78 is 9.36. The molecule has 0 atom stereocenters. The lowest BCUT2D eigenvalue weighted by Crippen LogP contribution is -2.30. The lowest BCUT2D eigenvalue weighted by Gasteiger charge is -2.03. The van der Waals surface area contributed by atoms with Crippen LogP contribution in [0.25, 0.3) is 0 Å². The number of esters is 1. The Morgan fingerprint density at radius 2 is 2.33 bits per heavy atom. The molecule has 0 bridgehead atoms. The molecule has 82 valence electrons. The lowest BCUT2D eigenvalue weighted by atomic mass is 10.3. The van der Waals surface area contributed by atoms with Crippen molar-refractivity contribution in [2.75, 3.05) is 13.2 Å². The van der Waals surface area contributed by atoms with E-state index in [0.29, 0.717) is 0 Å². The Bertz CT molecular complexity index is 361. The largest absolute Gasteiger partial charge is 0.465 e. The summed E-state index contributed by atoms with van der Waals surface area (Å²) >= 11 is 5.57. The smallest absolute Gasteiger partial charge is 0.325 e. The van der Waals surface area contributed by atoms with Crippen LogP contribution in [0.1, 0.15) is 17.3 Å². The highest BCUT2D eigenvalue weighted by Crippen LogP contribution is 2.15. The predicted octanol–water partition coefficient (Wildman–Crippen LogP) is 1.23. The Balaban J connectivity index is 2.44. The van der Waals surface area contributed by atoms with Crippen molar-refractivity contribution in [3.05, 3.63) is 23.1 Å². The first kappa shape index (κ1) is 11.6. The van der Waals surface area contributed by atoms with Crippen molar-refractivity contribution in [3.8, 4) is 0 Å². The molecule has 1 heterocycles. The summed E-state index contributed by atoms with van der Waals surface area (Å²) in [5.74, 6) is -0.965. The average molecular weight is 232 g/mol. The van der Waals surface area contributed by atoms with Gasteiger partial charge in [0.15, 0.2) is 0 Å². The van der Waals surface area contributed by atoms with E-state index >= 15 is 0 Å². The highest BCUT2D eigenvalue weighted by atomic mass is 35.5. The average Bonchev–Trinajstić information content (AvgIpc) is 2.61. The first-order chi connectivity index (χ1) is 7.15. The summed E-state index contributed by atoms with van der Waals surface area (Å²) in [5.41, 5.74) is 0.195. The fourth-order valence-electron chi connectivity index (χ4n) is 0.915. The van der Waals surface area contributed by atoms with Crippen molar-refractivity contribution in [2.24, 2.45) is 0 Å². The first-order valence-electron chi connectivity index (χ1n) is 4.32. The molecule has 5 nitrogen and oxygen atoms in total. The number of nitrogens with one attached hydrogen (secondary N) is 1. The molecule has 0 aliphatic carbocycles. The molecule has 15 heavy (non-hydrogen) atoms. The van der Waals surface area contributed by atoms with Crippen molar-refractivity contribution >= 4 is 23.5 Å². The maximum atomic E-state index is 11.4. The topological polar surface area (TPSA) is 68.5 Å². The molecule has 0 spiro atoms. The number of carbonyl (C=O) groups excluding carboxylic acids is 2. The van der Waals surface area contributed by atoms with Gasteiger partial charge < -0.3 is 14.5 Å². The maximum absolute atomic E-state index is 11.4. The van der Waals surface area contributed by atoms with Gasteiger partial charge in [-0.3, -0.25) is 9.59 Å². The molecule has 0 saturated heterocycles. The molecule has 0 unspecified atom stereocenters. The van der Waals surface area contributed by atoms with Crippen LogP contribution in [0.2, 0.25) is 5.22 Å². The van der Waals surface area contributed by atoms with Gasteiger partial charge in [-0.2, -0.15) is 0 Å². The highest BCUT2D eigenvalue weighted by molar-refractivity contribution is 6.32. The normalized spacial score (nSPS) is 9.73. The molecular weight excluding hydrogens is 222 g/mol. The van der Waals surface area contributed by atoms with Gasteiger partial charge in [0.05, 0.1) is 18.4 Å². The van der Waals surface area contributed by atoms with E-state index in [9.17, 15) is 9.59 Å². The molecule has 0 radical (unpaired) electrons. The Morgan fingerprint density at radius 3 is 2.87 bits per heavy atom. The summed E-state index contributed by atoms with van der Waals surface area (Å²) in [5, 5.41) is 2.35. The summed E-state index contributed by atoms with van der Waals surface area (Å²) in [6, 6.07) is 1.42. The van der Waals surface area contributed by atoms with Gasteiger partial charge in [-0.1, -0.05) is 0 Å². The van der Waals surface area contributed by atoms with E-state index in [2.05, 4.69) is 10.1 Å². The van der Waals surface area contributed by atoms with E-state index in [1.54, 1.807) is 6.92 Å². The number of hydrogen-bond acceptors (Lipinski definition) is 4. The number of halogens is 1. The van der Waals surface area contributed by atoms with E-state index < -0.39 is 11.9 Å². The predicted molar refractivity (Wildman–Crippen MR) is 52.7 cm³/mol. The van der Waals surface area contributed by atoms with Gasteiger partial charge in [0.1, 0.15) is 6.54 Å². The van der Waals surface area contributed by atoms with Crippen LogP contribution < -0.4 is 5.32 Å². The zero-order valence-electron chi connectivity index (χ0n) is 8.08. The zero-order chi connectivity index (χ0) is 11.3. The Morgan fingerprint density at radius 1 is 1.60 bits per heavy atom. The quantitative estimate of drug-likeness (QED) is 0.792. The lowest BCUT2D eigenvalue weighted by molar-refractivity contribution is -0.141. The number of furan rings is 1. The van der Waals surface area contributed by atoms with Crippen molar-refractivity contribution in [1.29, 1.82) is 0 Å². The fraction of sp³-hybridized carbons (Fsp3) is 0.333. The van der Waals surface area contributed by atoms with Crippen molar-refractivity contribution in [2.45, 2.75) is 6.92 Å². The number of ether oxygens (including phenoxy) is 1. The Kier molecular flexibility index (Phi) is 4.17. The van der Waals surface area contributed by atoms with E-state index in [1.165, 1.54) is 12.3 Å². The van der Waals surface area contributed by atoms with Crippen LogP contribution >= 0.6 is 11.6 Å².